The highest BCUT2D eigenvalue weighted by atomic mass is 35.5. The number of hydrogen-bond acceptors (Lipinski definition) is 5. The van der Waals surface area contributed by atoms with E-state index in [9.17, 15) is 9.59 Å². The summed E-state index contributed by atoms with van der Waals surface area (Å²) in [5.74, 6) is 0.109. The van der Waals surface area contributed by atoms with Gasteiger partial charge in [-0.3, -0.25) is 14.5 Å². The summed E-state index contributed by atoms with van der Waals surface area (Å²) < 4.78 is 11.1. The number of carbonyl (C=O) groups is 2. The summed E-state index contributed by atoms with van der Waals surface area (Å²) in [6.07, 6.45) is 3.41. The zero-order valence-corrected chi connectivity index (χ0v) is 18.1. The van der Waals surface area contributed by atoms with Crippen molar-refractivity contribution >= 4 is 24.2 Å². The molecule has 3 fully saturated rings. The van der Waals surface area contributed by atoms with Gasteiger partial charge in [-0.15, -0.1) is 12.4 Å². The third-order valence-electron chi connectivity index (χ3n) is 6.23. The largest absolute Gasteiger partial charge is 0.381 e. The molecular weight excluding hydrogens is 406 g/mol. The van der Waals surface area contributed by atoms with E-state index in [-0.39, 0.29) is 42.4 Å². The van der Waals surface area contributed by atoms with Gasteiger partial charge in [-0.05, 0) is 31.4 Å². The number of ether oxygens (including phenoxy) is 2. The van der Waals surface area contributed by atoms with Crippen LogP contribution < -0.4 is 5.32 Å². The van der Waals surface area contributed by atoms with Crippen LogP contribution in [0.5, 0.6) is 0 Å². The molecule has 2 amide bonds. The predicted molar refractivity (Wildman–Crippen MR) is 116 cm³/mol. The molecule has 7 nitrogen and oxygen atoms in total. The number of rotatable bonds is 7. The van der Waals surface area contributed by atoms with Crippen LogP contribution in [0.2, 0.25) is 0 Å². The summed E-state index contributed by atoms with van der Waals surface area (Å²) in [6.45, 7) is 5.05. The number of amides is 2. The van der Waals surface area contributed by atoms with Crippen molar-refractivity contribution in [2.45, 2.75) is 43.9 Å². The van der Waals surface area contributed by atoms with Crippen LogP contribution in [0.4, 0.5) is 0 Å². The van der Waals surface area contributed by atoms with Gasteiger partial charge < -0.3 is 19.7 Å². The molecule has 0 saturated carbocycles. The maximum absolute atomic E-state index is 13.0. The van der Waals surface area contributed by atoms with E-state index in [4.69, 9.17) is 9.47 Å². The SMILES string of the molecule is Cl.O=C(CCOC1CCOCC1)NCC1CN(C(=O)c2ccccc2)C2CCN1C2. The number of fused-ring (bicyclic) bond motifs is 2. The normalized spacial score (nSPS) is 26.1. The lowest BCUT2D eigenvalue weighted by atomic mass is 10.1. The monoisotopic (exact) mass is 437 g/mol. The van der Waals surface area contributed by atoms with Gasteiger partial charge in [0.2, 0.25) is 5.91 Å². The molecular formula is C22H32ClN3O4. The minimum Gasteiger partial charge on any atom is -0.381 e. The molecule has 0 aromatic heterocycles. The Morgan fingerprint density at radius 3 is 2.63 bits per heavy atom. The second-order valence-corrected chi connectivity index (χ2v) is 8.15. The smallest absolute Gasteiger partial charge is 0.254 e. The number of piperazine rings is 1. The molecule has 0 aliphatic carbocycles. The van der Waals surface area contributed by atoms with Gasteiger partial charge in [0, 0.05) is 63.5 Å². The summed E-state index contributed by atoms with van der Waals surface area (Å²) in [4.78, 5) is 29.6. The first-order valence-corrected chi connectivity index (χ1v) is 10.8. The number of benzene rings is 1. The van der Waals surface area contributed by atoms with Gasteiger partial charge in [0.15, 0.2) is 0 Å². The lowest BCUT2D eigenvalue weighted by Gasteiger charge is -2.40. The van der Waals surface area contributed by atoms with Crippen LogP contribution in [0.3, 0.4) is 0 Å². The van der Waals surface area contributed by atoms with Crippen molar-refractivity contribution < 1.29 is 19.1 Å². The van der Waals surface area contributed by atoms with Crippen LogP contribution in [-0.4, -0.2) is 85.8 Å². The summed E-state index contributed by atoms with van der Waals surface area (Å²) >= 11 is 0. The molecule has 0 spiro atoms. The Morgan fingerprint density at radius 2 is 1.87 bits per heavy atom. The van der Waals surface area contributed by atoms with E-state index in [0.717, 1.165) is 51.1 Å². The lowest BCUT2D eigenvalue weighted by Crippen LogP contribution is -2.57. The Morgan fingerprint density at radius 1 is 1.10 bits per heavy atom. The van der Waals surface area contributed by atoms with Gasteiger partial charge in [0.05, 0.1) is 12.7 Å². The van der Waals surface area contributed by atoms with Gasteiger partial charge in [0.1, 0.15) is 0 Å². The summed E-state index contributed by atoms with van der Waals surface area (Å²) in [5.41, 5.74) is 0.737. The maximum Gasteiger partial charge on any atom is 0.254 e. The number of carbonyl (C=O) groups excluding carboxylic acids is 2. The molecule has 3 aliphatic heterocycles. The maximum atomic E-state index is 13.0. The summed E-state index contributed by atoms with van der Waals surface area (Å²) in [5, 5.41) is 3.05. The third-order valence-corrected chi connectivity index (χ3v) is 6.23. The molecule has 4 rings (SSSR count). The Hall–Kier alpha value is -1.67. The van der Waals surface area contributed by atoms with E-state index in [1.807, 2.05) is 35.2 Å². The molecule has 3 heterocycles. The fourth-order valence-corrected chi connectivity index (χ4v) is 4.52. The van der Waals surface area contributed by atoms with Crippen LogP contribution in [0.1, 0.15) is 36.0 Å². The van der Waals surface area contributed by atoms with Crippen LogP contribution >= 0.6 is 12.4 Å². The highest BCUT2D eigenvalue weighted by Gasteiger charge is 2.40. The van der Waals surface area contributed by atoms with E-state index in [2.05, 4.69) is 10.2 Å². The molecule has 166 valence electrons. The van der Waals surface area contributed by atoms with Crippen molar-refractivity contribution in [2.24, 2.45) is 0 Å². The summed E-state index contributed by atoms with van der Waals surface area (Å²) in [7, 11) is 0. The second kappa shape index (κ2) is 11.1. The first kappa shape index (κ1) is 23.0. The minimum atomic E-state index is 0. The fraction of sp³-hybridized carbons (Fsp3) is 0.636. The summed E-state index contributed by atoms with van der Waals surface area (Å²) in [6, 6.07) is 9.92. The van der Waals surface area contributed by atoms with Gasteiger partial charge in [-0.25, -0.2) is 0 Å². The fourth-order valence-electron chi connectivity index (χ4n) is 4.52. The van der Waals surface area contributed by atoms with Gasteiger partial charge >= 0.3 is 0 Å². The Kier molecular flexibility index (Phi) is 8.50. The van der Waals surface area contributed by atoms with Crippen LogP contribution in [0, 0.1) is 0 Å². The highest BCUT2D eigenvalue weighted by Crippen LogP contribution is 2.26. The molecule has 0 radical (unpaired) electrons. The second-order valence-electron chi connectivity index (χ2n) is 8.15. The molecule has 3 saturated heterocycles. The van der Waals surface area contributed by atoms with E-state index < -0.39 is 0 Å². The van der Waals surface area contributed by atoms with Crippen molar-refractivity contribution in [1.82, 2.24) is 15.1 Å². The topological polar surface area (TPSA) is 71.1 Å². The molecule has 1 aromatic carbocycles. The zero-order chi connectivity index (χ0) is 20.1. The van der Waals surface area contributed by atoms with Crippen LogP contribution in [0.15, 0.2) is 30.3 Å². The highest BCUT2D eigenvalue weighted by molar-refractivity contribution is 5.94. The minimum absolute atomic E-state index is 0. The van der Waals surface area contributed by atoms with E-state index in [1.54, 1.807) is 0 Å². The van der Waals surface area contributed by atoms with Crippen molar-refractivity contribution in [3.05, 3.63) is 35.9 Å². The van der Waals surface area contributed by atoms with Gasteiger partial charge in [-0.1, -0.05) is 18.2 Å². The predicted octanol–water partition coefficient (Wildman–Crippen LogP) is 1.71. The Labute approximate surface area is 184 Å². The van der Waals surface area contributed by atoms with Gasteiger partial charge in [0.25, 0.3) is 5.91 Å². The van der Waals surface area contributed by atoms with Crippen LogP contribution in [0.25, 0.3) is 0 Å². The van der Waals surface area contributed by atoms with Gasteiger partial charge in [-0.2, -0.15) is 0 Å². The van der Waals surface area contributed by atoms with Crippen molar-refractivity contribution in [3.8, 4) is 0 Å². The molecule has 3 unspecified atom stereocenters. The van der Waals surface area contributed by atoms with Crippen molar-refractivity contribution in [1.29, 1.82) is 0 Å². The van der Waals surface area contributed by atoms with E-state index in [0.29, 0.717) is 26.1 Å². The molecule has 1 N–H and O–H groups in total. The molecule has 8 heteroatoms. The number of nitrogens with zero attached hydrogens (tertiary/aromatic N) is 2. The first-order valence-electron chi connectivity index (χ1n) is 10.8. The quantitative estimate of drug-likeness (QED) is 0.703. The number of hydrogen-bond donors (Lipinski definition) is 1. The average molecular weight is 438 g/mol. The standard InChI is InChI=1S/C22H31N3O4.ClH/c26-21(9-13-29-20-7-11-28-12-8-20)23-14-19-16-25(18-6-10-24(19)15-18)22(27)17-4-2-1-3-5-17;/h1-5,18-20H,6-16H2,(H,23,26);1H. The molecule has 3 aliphatic rings. The zero-order valence-electron chi connectivity index (χ0n) is 17.3. The van der Waals surface area contributed by atoms with Crippen LogP contribution in [-0.2, 0) is 14.3 Å². The Bertz CT molecular complexity index is 699. The molecule has 30 heavy (non-hydrogen) atoms. The first-order chi connectivity index (χ1) is 14.2. The Balaban J connectivity index is 0.00000256. The van der Waals surface area contributed by atoms with E-state index >= 15 is 0 Å². The average Bonchev–Trinajstić information content (AvgIpc) is 3.18. The number of halogens is 1. The van der Waals surface area contributed by atoms with E-state index in [1.165, 1.54) is 0 Å². The third kappa shape index (κ3) is 5.72. The molecule has 2 bridgehead atoms. The van der Waals surface area contributed by atoms with Crippen molar-refractivity contribution in [3.63, 3.8) is 0 Å². The molecule has 3 atom stereocenters. The number of nitrogens with one attached hydrogen (secondary N) is 1. The lowest BCUT2D eigenvalue weighted by molar-refractivity contribution is -0.123. The van der Waals surface area contributed by atoms with Crippen molar-refractivity contribution in [2.75, 3.05) is 46.0 Å². The molecule has 1 aromatic rings.